The van der Waals surface area contributed by atoms with Crippen LogP contribution in [0.4, 0.5) is 13.2 Å². The zero-order chi connectivity index (χ0) is 23.7. The van der Waals surface area contributed by atoms with Crippen molar-refractivity contribution in [3.63, 3.8) is 0 Å². The molecule has 0 aliphatic rings. The Morgan fingerprint density at radius 2 is 1.30 bits per heavy atom. The van der Waals surface area contributed by atoms with Crippen LogP contribution >= 0.6 is 0 Å². The molecule has 0 radical (unpaired) electrons. The number of carbonyl (C=O) groups excluding carboxylic acids is 1. The zero-order valence-corrected chi connectivity index (χ0v) is 18.0. The average Bonchev–Trinajstić information content (AvgIpc) is 2.80. The number of amides is 1. The van der Waals surface area contributed by atoms with Crippen molar-refractivity contribution in [3.05, 3.63) is 108 Å². The van der Waals surface area contributed by atoms with Crippen LogP contribution in [0.3, 0.4) is 0 Å². The lowest BCUT2D eigenvalue weighted by molar-refractivity contribution is -0.127. The van der Waals surface area contributed by atoms with Crippen molar-refractivity contribution < 1.29 is 23.1 Å². The monoisotopic (exact) mass is 456 g/mol. The Morgan fingerprint density at radius 3 is 1.79 bits per heavy atom. The summed E-state index contributed by atoms with van der Waals surface area (Å²) in [6.07, 6.45) is -5.33. The average molecular weight is 457 g/mol. The molecule has 0 aromatic heterocycles. The molecule has 0 bridgehead atoms. The first-order valence-electron chi connectivity index (χ1n) is 10.7. The zero-order valence-electron chi connectivity index (χ0n) is 18.0. The van der Waals surface area contributed by atoms with E-state index in [9.17, 15) is 23.1 Å². The van der Waals surface area contributed by atoms with Gasteiger partial charge in [-0.25, -0.2) is 0 Å². The van der Waals surface area contributed by atoms with Gasteiger partial charge in [-0.1, -0.05) is 91.0 Å². The number of hydrogen-bond acceptors (Lipinski definition) is 3. The summed E-state index contributed by atoms with van der Waals surface area (Å²) < 4.78 is 37.6. The molecule has 1 amide bonds. The number of nitrogens with one attached hydrogen (secondary N) is 2. The van der Waals surface area contributed by atoms with Crippen LogP contribution < -0.4 is 10.6 Å². The first kappa shape index (κ1) is 24.5. The lowest BCUT2D eigenvalue weighted by Crippen LogP contribution is -2.50. The van der Waals surface area contributed by atoms with Crippen molar-refractivity contribution >= 4 is 5.91 Å². The largest absolute Gasteiger partial charge is 0.401 e. The van der Waals surface area contributed by atoms with Crippen LogP contribution in [-0.4, -0.2) is 42.4 Å². The van der Waals surface area contributed by atoms with Crippen molar-refractivity contribution in [1.82, 2.24) is 10.6 Å². The third-order valence-electron chi connectivity index (χ3n) is 5.30. The summed E-state index contributed by atoms with van der Waals surface area (Å²) >= 11 is 0. The fraction of sp³-hybridized carbons (Fsp3) is 0.269. The lowest BCUT2D eigenvalue weighted by Gasteiger charge is -2.27. The third kappa shape index (κ3) is 7.73. The smallest absolute Gasteiger partial charge is 0.390 e. The fourth-order valence-electron chi connectivity index (χ4n) is 3.71. The molecule has 0 spiro atoms. The maximum atomic E-state index is 13.5. The molecule has 0 heterocycles. The number of hydrogen-bond donors (Lipinski definition) is 3. The van der Waals surface area contributed by atoms with E-state index in [0.717, 1.165) is 16.7 Å². The van der Waals surface area contributed by atoms with E-state index in [4.69, 9.17) is 0 Å². The molecule has 0 aliphatic carbocycles. The Labute approximate surface area is 191 Å². The molecule has 3 N–H and O–H groups in total. The second kappa shape index (κ2) is 11.6. The Kier molecular flexibility index (Phi) is 8.63. The molecule has 33 heavy (non-hydrogen) atoms. The molecular formula is C26H27F3N2O2. The summed E-state index contributed by atoms with van der Waals surface area (Å²) in [5.41, 5.74) is 2.42. The molecule has 4 nitrogen and oxygen atoms in total. The van der Waals surface area contributed by atoms with E-state index < -0.39 is 30.8 Å². The van der Waals surface area contributed by atoms with Gasteiger partial charge in [0.05, 0.1) is 24.6 Å². The Hall–Kier alpha value is -3.16. The number of benzene rings is 3. The number of halogens is 3. The van der Waals surface area contributed by atoms with Gasteiger partial charge in [-0.2, -0.15) is 13.2 Å². The van der Waals surface area contributed by atoms with Gasteiger partial charge in [-0.3, -0.25) is 4.79 Å². The van der Waals surface area contributed by atoms with Gasteiger partial charge < -0.3 is 15.7 Å². The standard InChI is InChI=1S/C26H27F3N2O2/c27-26(28,29)18-30-17-23(32)22(16-19-10-4-1-5-11-19)31-25(33)24(20-12-6-2-7-13-20)21-14-8-3-9-15-21/h1-15,22-24,30,32H,16-18H2,(H,31,33)/t22-,23+/m0/s1. The Morgan fingerprint density at radius 1 is 0.818 bits per heavy atom. The first-order chi connectivity index (χ1) is 15.8. The van der Waals surface area contributed by atoms with Crippen LogP contribution in [0.1, 0.15) is 22.6 Å². The van der Waals surface area contributed by atoms with Crippen LogP contribution in [0.15, 0.2) is 91.0 Å². The highest BCUT2D eigenvalue weighted by Gasteiger charge is 2.30. The molecule has 174 valence electrons. The molecular weight excluding hydrogens is 429 g/mol. The highest BCUT2D eigenvalue weighted by Crippen LogP contribution is 2.25. The molecule has 0 aliphatic heterocycles. The second-order valence-corrected chi connectivity index (χ2v) is 7.87. The van der Waals surface area contributed by atoms with Crippen LogP contribution in [-0.2, 0) is 11.2 Å². The Balaban J connectivity index is 1.82. The molecule has 0 fully saturated rings. The van der Waals surface area contributed by atoms with Gasteiger partial charge in [0.25, 0.3) is 0 Å². The highest BCUT2D eigenvalue weighted by atomic mass is 19.4. The van der Waals surface area contributed by atoms with Gasteiger partial charge in [0.15, 0.2) is 0 Å². The molecule has 0 unspecified atom stereocenters. The van der Waals surface area contributed by atoms with Gasteiger partial charge in [-0.15, -0.1) is 0 Å². The first-order valence-corrected chi connectivity index (χ1v) is 10.7. The predicted molar refractivity (Wildman–Crippen MR) is 122 cm³/mol. The maximum absolute atomic E-state index is 13.5. The van der Waals surface area contributed by atoms with Gasteiger partial charge in [0.2, 0.25) is 5.91 Å². The number of carbonyl (C=O) groups is 1. The highest BCUT2D eigenvalue weighted by molar-refractivity contribution is 5.87. The lowest BCUT2D eigenvalue weighted by atomic mass is 9.89. The normalized spacial score (nSPS) is 13.5. The van der Waals surface area contributed by atoms with Gasteiger partial charge in [0, 0.05) is 6.54 Å². The van der Waals surface area contributed by atoms with E-state index in [1.807, 2.05) is 91.0 Å². The van der Waals surface area contributed by atoms with Crippen LogP contribution in [0.25, 0.3) is 0 Å². The van der Waals surface area contributed by atoms with Crippen molar-refractivity contribution in [1.29, 1.82) is 0 Å². The molecule has 7 heteroatoms. The molecule has 0 saturated carbocycles. The van der Waals surface area contributed by atoms with E-state index >= 15 is 0 Å². The number of aliphatic hydroxyl groups is 1. The summed E-state index contributed by atoms with van der Waals surface area (Å²) in [4.78, 5) is 13.5. The molecule has 0 saturated heterocycles. The van der Waals surface area contributed by atoms with E-state index in [2.05, 4.69) is 10.6 Å². The van der Waals surface area contributed by atoms with E-state index in [1.165, 1.54) is 0 Å². The summed E-state index contributed by atoms with van der Waals surface area (Å²) in [5.74, 6) is -0.954. The molecule has 3 aromatic carbocycles. The summed E-state index contributed by atoms with van der Waals surface area (Å²) in [6, 6.07) is 26.9. The van der Waals surface area contributed by atoms with Crippen molar-refractivity contribution in [2.75, 3.05) is 13.1 Å². The maximum Gasteiger partial charge on any atom is 0.401 e. The SMILES string of the molecule is O=C(N[C@@H](Cc1ccccc1)[C@H](O)CNCC(F)(F)F)C(c1ccccc1)c1ccccc1. The third-order valence-corrected chi connectivity index (χ3v) is 5.30. The minimum Gasteiger partial charge on any atom is -0.390 e. The van der Waals surface area contributed by atoms with Crippen molar-refractivity contribution in [2.45, 2.75) is 30.7 Å². The minimum absolute atomic E-state index is 0.276. The van der Waals surface area contributed by atoms with Crippen molar-refractivity contribution in [2.24, 2.45) is 0 Å². The van der Waals surface area contributed by atoms with E-state index in [-0.39, 0.29) is 18.9 Å². The number of alkyl halides is 3. The number of rotatable bonds is 10. The summed E-state index contributed by atoms with van der Waals surface area (Å²) in [6.45, 7) is -1.52. The molecule has 3 aromatic rings. The van der Waals surface area contributed by atoms with Crippen LogP contribution in [0.5, 0.6) is 0 Å². The quantitative estimate of drug-likeness (QED) is 0.431. The molecule has 2 atom stereocenters. The van der Waals surface area contributed by atoms with Gasteiger partial charge in [-0.05, 0) is 23.1 Å². The van der Waals surface area contributed by atoms with Crippen molar-refractivity contribution in [3.8, 4) is 0 Å². The van der Waals surface area contributed by atoms with Crippen LogP contribution in [0.2, 0.25) is 0 Å². The fourth-order valence-corrected chi connectivity index (χ4v) is 3.71. The van der Waals surface area contributed by atoms with Crippen LogP contribution in [0, 0.1) is 0 Å². The molecule has 3 rings (SSSR count). The Bertz CT molecular complexity index is 943. The topological polar surface area (TPSA) is 61.4 Å². The minimum atomic E-state index is -4.39. The summed E-state index contributed by atoms with van der Waals surface area (Å²) in [5, 5.41) is 15.8. The summed E-state index contributed by atoms with van der Waals surface area (Å²) in [7, 11) is 0. The predicted octanol–water partition coefficient (Wildman–Crippen LogP) is 4.06. The second-order valence-electron chi connectivity index (χ2n) is 7.87. The van der Waals surface area contributed by atoms with Gasteiger partial charge >= 0.3 is 6.18 Å². The van der Waals surface area contributed by atoms with E-state index in [0.29, 0.717) is 0 Å². The number of aliphatic hydroxyl groups excluding tert-OH is 1. The van der Waals surface area contributed by atoms with Gasteiger partial charge in [0.1, 0.15) is 0 Å². The van der Waals surface area contributed by atoms with E-state index in [1.54, 1.807) is 0 Å².